The summed E-state index contributed by atoms with van der Waals surface area (Å²) in [4.78, 5) is 23.0. The van der Waals surface area contributed by atoms with Gasteiger partial charge in [0.2, 0.25) is 5.91 Å². The second-order valence-electron chi connectivity index (χ2n) is 5.52. The molecule has 0 atom stereocenters. The van der Waals surface area contributed by atoms with E-state index in [1.165, 1.54) is 6.07 Å². The molecule has 1 aromatic rings. The largest absolute Gasteiger partial charge is 0.480 e. The second-order valence-corrected chi connectivity index (χ2v) is 5.52. The van der Waals surface area contributed by atoms with Gasteiger partial charge in [-0.3, -0.25) is 4.79 Å². The van der Waals surface area contributed by atoms with Crippen LogP contribution in [0.15, 0.2) is 18.2 Å². The average Bonchev–Trinajstić information content (AvgIpc) is 2.54. The van der Waals surface area contributed by atoms with Gasteiger partial charge in [-0.2, -0.15) is 0 Å². The van der Waals surface area contributed by atoms with Crippen molar-refractivity contribution in [3.63, 3.8) is 0 Å². The van der Waals surface area contributed by atoms with Gasteiger partial charge in [-0.15, -0.1) is 0 Å². The molecule has 24 heavy (non-hydrogen) atoms. The molecule has 0 unspecified atom stereocenters. The van der Waals surface area contributed by atoms with E-state index in [1.807, 2.05) is 0 Å². The summed E-state index contributed by atoms with van der Waals surface area (Å²) in [5.41, 5.74) is -1.00. The number of aliphatic carboxylic acids is 1. The molecule has 0 saturated carbocycles. The van der Waals surface area contributed by atoms with Gasteiger partial charge in [0, 0.05) is 31.4 Å². The van der Waals surface area contributed by atoms with Crippen molar-refractivity contribution in [3.8, 4) is 0 Å². The van der Waals surface area contributed by atoms with Crippen LogP contribution in [-0.4, -0.2) is 50.0 Å². The van der Waals surface area contributed by atoms with Gasteiger partial charge in [-0.05, 0) is 18.9 Å². The third-order valence-corrected chi connectivity index (χ3v) is 3.99. The molecule has 8 heteroatoms. The highest BCUT2D eigenvalue weighted by Gasteiger charge is 2.43. The third kappa shape index (κ3) is 4.27. The van der Waals surface area contributed by atoms with E-state index in [0.29, 0.717) is 13.2 Å². The molecule has 132 valence electrons. The number of carboxylic acid groups (broad SMARTS) is 1. The molecule has 2 N–H and O–H groups in total. The van der Waals surface area contributed by atoms with Crippen LogP contribution in [-0.2, 0) is 24.5 Å². The minimum Gasteiger partial charge on any atom is -0.480 e. The lowest BCUT2D eigenvalue weighted by molar-refractivity contribution is -0.142. The first kappa shape index (κ1) is 18.3. The Morgan fingerprint density at radius 2 is 2.00 bits per heavy atom. The summed E-state index contributed by atoms with van der Waals surface area (Å²) < 4.78 is 37.5. The van der Waals surface area contributed by atoms with Gasteiger partial charge >= 0.3 is 5.97 Å². The number of carboxylic acids is 1. The Kier molecular flexibility index (Phi) is 6.22. The predicted octanol–water partition coefficient (Wildman–Crippen LogP) is 1.23. The number of carbonyl (C=O) groups excluding carboxylic acids is 1. The number of carbonyl (C=O) groups is 2. The van der Waals surface area contributed by atoms with E-state index in [9.17, 15) is 18.4 Å². The summed E-state index contributed by atoms with van der Waals surface area (Å²) in [6.45, 7) is 0.245. The minimum absolute atomic E-state index is 0.0243. The summed E-state index contributed by atoms with van der Waals surface area (Å²) in [6.07, 6.45) is 0.550. The average molecular weight is 343 g/mol. The van der Waals surface area contributed by atoms with Gasteiger partial charge in [-0.25, -0.2) is 13.6 Å². The predicted molar refractivity (Wildman–Crippen MR) is 79.6 cm³/mol. The van der Waals surface area contributed by atoms with Gasteiger partial charge in [0.1, 0.15) is 18.2 Å². The summed E-state index contributed by atoms with van der Waals surface area (Å²) in [7, 11) is 0. The Morgan fingerprint density at radius 3 is 2.62 bits per heavy atom. The van der Waals surface area contributed by atoms with Crippen molar-refractivity contribution in [1.82, 2.24) is 5.32 Å². The Balaban J connectivity index is 2.09. The Bertz CT molecular complexity index is 602. The van der Waals surface area contributed by atoms with Crippen molar-refractivity contribution in [2.24, 2.45) is 0 Å². The number of benzene rings is 1. The molecule has 0 spiro atoms. The van der Waals surface area contributed by atoms with Crippen LogP contribution in [0.3, 0.4) is 0 Å². The highest BCUT2D eigenvalue weighted by molar-refractivity contribution is 5.88. The molecular weight excluding hydrogens is 324 g/mol. The monoisotopic (exact) mass is 343 g/mol. The normalized spacial score (nSPS) is 16.6. The fraction of sp³-hybridized carbons (Fsp3) is 0.500. The summed E-state index contributed by atoms with van der Waals surface area (Å²) in [5, 5.41) is 11.1. The topological polar surface area (TPSA) is 84.9 Å². The highest BCUT2D eigenvalue weighted by atomic mass is 19.1. The molecular formula is C16H19F2NO5. The number of nitrogens with one attached hydrogen (secondary N) is 1. The number of rotatable bonds is 7. The fourth-order valence-corrected chi connectivity index (χ4v) is 2.78. The van der Waals surface area contributed by atoms with Crippen LogP contribution in [0.4, 0.5) is 8.78 Å². The maximum atomic E-state index is 14.2. The third-order valence-electron chi connectivity index (χ3n) is 3.99. The molecule has 1 amide bonds. The Hall–Kier alpha value is -2.06. The SMILES string of the molecule is O=C(O)COCCNC(=O)C1(c2ccc(F)cc2F)CCOCC1. The van der Waals surface area contributed by atoms with Crippen molar-refractivity contribution >= 4 is 11.9 Å². The van der Waals surface area contributed by atoms with Crippen molar-refractivity contribution in [1.29, 1.82) is 0 Å². The van der Waals surface area contributed by atoms with Crippen LogP contribution in [0.1, 0.15) is 18.4 Å². The molecule has 1 heterocycles. The van der Waals surface area contributed by atoms with Crippen molar-refractivity contribution in [3.05, 3.63) is 35.4 Å². The van der Waals surface area contributed by atoms with Gasteiger partial charge < -0.3 is 19.9 Å². The maximum Gasteiger partial charge on any atom is 0.329 e. The maximum absolute atomic E-state index is 14.2. The highest BCUT2D eigenvalue weighted by Crippen LogP contribution is 2.36. The van der Waals surface area contributed by atoms with Gasteiger partial charge in [0.05, 0.1) is 12.0 Å². The van der Waals surface area contributed by atoms with Crippen LogP contribution in [0, 0.1) is 11.6 Å². The van der Waals surface area contributed by atoms with Crippen molar-refractivity contribution in [2.75, 3.05) is 33.0 Å². The molecule has 1 fully saturated rings. The first-order chi connectivity index (χ1) is 11.5. The van der Waals surface area contributed by atoms with Gasteiger partial charge in [0.15, 0.2) is 0 Å². The van der Waals surface area contributed by atoms with E-state index in [-0.39, 0.29) is 31.6 Å². The number of amides is 1. The molecule has 1 aliphatic rings. The zero-order chi connectivity index (χ0) is 17.6. The number of ether oxygens (including phenoxy) is 2. The zero-order valence-corrected chi connectivity index (χ0v) is 13.0. The molecule has 1 aliphatic heterocycles. The van der Waals surface area contributed by atoms with E-state index in [2.05, 4.69) is 5.32 Å². The van der Waals surface area contributed by atoms with Crippen molar-refractivity contribution in [2.45, 2.75) is 18.3 Å². The molecule has 0 radical (unpaired) electrons. The van der Waals surface area contributed by atoms with E-state index >= 15 is 0 Å². The van der Waals surface area contributed by atoms with E-state index in [0.717, 1.165) is 12.1 Å². The lowest BCUT2D eigenvalue weighted by Gasteiger charge is -2.36. The lowest BCUT2D eigenvalue weighted by atomic mass is 9.73. The lowest BCUT2D eigenvalue weighted by Crippen LogP contribution is -2.49. The molecule has 0 bridgehead atoms. The minimum atomic E-state index is -1.14. The molecule has 1 saturated heterocycles. The van der Waals surface area contributed by atoms with Crippen molar-refractivity contribution < 1.29 is 33.0 Å². The summed E-state index contributed by atoms with van der Waals surface area (Å²) in [6, 6.07) is 3.17. The van der Waals surface area contributed by atoms with Crippen LogP contribution in [0.5, 0.6) is 0 Å². The number of halogens is 2. The summed E-state index contributed by atoms with van der Waals surface area (Å²) in [5.74, 6) is -2.99. The van der Waals surface area contributed by atoms with Crippen LogP contribution in [0.2, 0.25) is 0 Å². The van der Waals surface area contributed by atoms with Gasteiger partial charge in [0.25, 0.3) is 0 Å². The van der Waals surface area contributed by atoms with Gasteiger partial charge in [-0.1, -0.05) is 6.07 Å². The number of hydrogen-bond acceptors (Lipinski definition) is 4. The first-order valence-electron chi connectivity index (χ1n) is 7.57. The second kappa shape index (κ2) is 8.16. The summed E-state index contributed by atoms with van der Waals surface area (Å²) >= 11 is 0. The van der Waals surface area contributed by atoms with E-state index in [1.54, 1.807) is 0 Å². The Morgan fingerprint density at radius 1 is 1.29 bits per heavy atom. The molecule has 0 aromatic heterocycles. The fourth-order valence-electron chi connectivity index (χ4n) is 2.78. The molecule has 1 aromatic carbocycles. The van der Waals surface area contributed by atoms with Crippen LogP contribution >= 0.6 is 0 Å². The molecule has 0 aliphatic carbocycles. The number of hydrogen-bond donors (Lipinski definition) is 2. The standard InChI is InChI=1S/C16H19F2NO5/c17-11-1-2-12(13(18)9-11)16(3-6-23-7-4-16)15(22)19-5-8-24-10-14(20)21/h1-2,9H,3-8,10H2,(H,19,22)(H,20,21). The van der Waals surface area contributed by atoms with Crippen LogP contribution in [0.25, 0.3) is 0 Å². The quantitative estimate of drug-likeness (QED) is 0.728. The molecule has 2 rings (SSSR count). The Labute approximate surface area is 137 Å². The first-order valence-corrected chi connectivity index (χ1v) is 7.57. The smallest absolute Gasteiger partial charge is 0.329 e. The zero-order valence-electron chi connectivity index (χ0n) is 13.0. The van der Waals surface area contributed by atoms with E-state index < -0.39 is 35.5 Å². The van der Waals surface area contributed by atoms with E-state index in [4.69, 9.17) is 14.6 Å². The van der Waals surface area contributed by atoms with Crippen LogP contribution < -0.4 is 5.32 Å². The molecule has 6 nitrogen and oxygen atoms in total.